The Kier molecular flexibility index (Phi) is 21.7. The van der Waals surface area contributed by atoms with E-state index in [-0.39, 0.29) is 65.4 Å². The van der Waals surface area contributed by atoms with E-state index >= 15 is 0 Å². The lowest BCUT2D eigenvalue weighted by atomic mass is 9.90. The van der Waals surface area contributed by atoms with Gasteiger partial charge in [0.2, 0.25) is 29.5 Å². The molecule has 6 rings (SSSR count). The Morgan fingerprint density at radius 1 is 0.662 bits per heavy atom. The van der Waals surface area contributed by atoms with Gasteiger partial charge in [0.25, 0.3) is 5.91 Å². The van der Waals surface area contributed by atoms with Crippen LogP contribution in [-0.2, 0) is 24.0 Å². The van der Waals surface area contributed by atoms with Crippen molar-refractivity contribution in [2.24, 2.45) is 11.7 Å². The highest BCUT2D eigenvalue weighted by atomic mass is 16.4. The van der Waals surface area contributed by atoms with Crippen LogP contribution in [0.5, 0.6) is 5.75 Å². The molecule has 18 nitrogen and oxygen atoms in total. The standard InChI is InChI=1S/C31H30N4O8.C18H22N2O4.C4H10/c32-27(39)15-34-29(41)16-35-28(40)4-2-1-3-11-33-31(42)18-5-8-22(19(12-18)17-36)30-23-9-6-20(37)13-25(23)43-26-14-21(38)7-10-24(26)30;1-12-10-18(23)24-16-11-14(7-8-15(12)16)20-17(22)6-4-3-5-9-19-13(2)21;1-4(2)3/h5-10,12-14,17,37H,1-4,11,15-16H2,(H2,32,39)(H,33,42)(H,34,41)(H,35,40);7-8,10-11H,3-6,9H2,1-2H3,(H,19,21)(H,20,22);4H,1-3H3. The summed E-state index contributed by atoms with van der Waals surface area (Å²) in [5.74, 6) is -0.876. The average Bonchev–Trinajstić information content (AvgIpc) is 3.31. The molecule has 0 atom stereocenters. The van der Waals surface area contributed by atoms with Crippen molar-refractivity contribution in [3.05, 3.63) is 116 Å². The van der Waals surface area contributed by atoms with Crippen LogP contribution in [0.15, 0.2) is 97.3 Å². The van der Waals surface area contributed by atoms with Crippen molar-refractivity contribution >= 4 is 69.4 Å². The lowest BCUT2D eigenvalue weighted by Crippen LogP contribution is -2.40. The number of aromatic hydroxyl groups is 1. The van der Waals surface area contributed by atoms with Crippen molar-refractivity contribution in [2.75, 3.05) is 31.5 Å². The molecule has 0 saturated heterocycles. The number of primary amides is 1. The van der Waals surface area contributed by atoms with Crippen LogP contribution in [-0.4, -0.2) is 73.0 Å². The van der Waals surface area contributed by atoms with Gasteiger partial charge < -0.3 is 46.3 Å². The van der Waals surface area contributed by atoms with Crippen molar-refractivity contribution in [3.63, 3.8) is 0 Å². The molecule has 1 aromatic heterocycles. The zero-order valence-electron chi connectivity index (χ0n) is 40.7. The fourth-order valence-corrected chi connectivity index (χ4v) is 7.06. The van der Waals surface area contributed by atoms with E-state index in [2.05, 4.69) is 47.4 Å². The predicted octanol–water partition coefficient (Wildman–Crippen LogP) is 6.49. The maximum atomic E-state index is 12.8. The van der Waals surface area contributed by atoms with Crippen LogP contribution in [0.1, 0.15) is 105 Å². The van der Waals surface area contributed by atoms with Gasteiger partial charge in [-0.25, -0.2) is 4.79 Å². The smallest absolute Gasteiger partial charge is 0.336 e. The molecule has 1 aliphatic heterocycles. The maximum Gasteiger partial charge on any atom is 0.336 e. The predicted molar refractivity (Wildman–Crippen MR) is 271 cm³/mol. The fourth-order valence-electron chi connectivity index (χ4n) is 7.06. The number of anilines is 1. The van der Waals surface area contributed by atoms with Crippen LogP contribution >= 0.6 is 0 Å². The van der Waals surface area contributed by atoms with Gasteiger partial charge in [-0.1, -0.05) is 39.7 Å². The van der Waals surface area contributed by atoms with Crippen LogP contribution in [0.4, 0.5) is 5.69 Å². The molecule has 3 aromatic carbocycles. The monoisotopic (exact) mass is 974 g/mol. The van der Waals surface area contributed by atoms with Crippen molar-refractivity contribution in [1.29, 1.82) is 0 Å². The number of carbonyl (C=O) groups is 7. The minimum Gasteiger partial charge on any atom is -0.508 e. The molecular formula is C53H62N6O12. The van der Waals surface area contributed by atoms with E-state index in [1.54, 1.807) is 36.4 Å². The number of hydrogen-bond acceptors (Lipinski definition) is 12. The van der Waals surface area contributed by atoms with E-state index in [1.807, 2.05) is 13.0 Å². The maximum absolute atomic E-state index is 12.8. The van der Waals surface area contributed by atoms with Crippen molar-refractivity contribution < 1.29 is 47.5 Å². The zero-order valence-corrected chi connectivity index (χ0v) is 40.7. The number of aldehydes is 1. The van der Waals surface area contributed by atoms with Crippen LogP contribution in [0.25, 0.3) is 44.4 Å². The van der Waals surface area contributed by atoms with Crippen molar-refractivity contribution in [2.45, 2.75) is 86.0 Å². The van der Waals surface area contributed by atoms with Gasteiger partial charge in [0, 0.05) is 95.8 Å². The van der Waals surface area contributed by atoms with Gasteiger partial charge in [-0.3, -0.25) is 38.4 Å². The van der Waals surface area contributed by atoms with Crippen molar-refractivity contribution in [3.8, 4) is 28.2 Å². The number of rotatable bonds is 20. The number of fused-ring (bicyclic) bond motifs is 3. The number of phenolic OH excluding ortho intramolecular Hbond substituents is 1. The summed E-state index contributed by atoms with van der Waals surface area (Å²) in [6, 6.07) is 20.4. The van der Waals surface area contributed by atoms with Gasteiger partial charge >= 0.3 is 5.63 Å². The molecule has 0 bridgehead atoms. The highest BCUT2D eigenvalue weighted by Crippen LogP contribution is 2.41. The van der Waals surface area contributed by atoms with Gasteiger partial charge in [-0.2, -0.15) is 0 Å². The first-order chi connectivity index (χ1) is 33.8. The molecule has 0 spiro atoms. The van der Waals surface area contributed by atoms with E-state index in [0.29, 0.717) is 89.7 Å². The van der Waals surface area contributed by atoms with Crippen LogP contribution in [0.3, 0.4) is 0 Å². The molecule has 18 heteroatoms. The Morgan fingerprint density at radius 3 is 1.97 bits per heavy atom. The Morgan fingerprint density at radius 2 is 1.30 bits per heavy atom. The summed E-state index contributed by atoms with van der Waals surface area (Å²) >= 11 is 0. The van der Waals surface area contributed by atoms with E-state index < -0.39 is 17.4 Å². The summed E-state index contributed by atoms with van der Waals surface area (Å²) in [4.78, 5) is 105. The number of nitrogens with two attached hydrogens (primary N) is 1. The Balaban J connectivity index is 0.000000328. The summed E-state index contributed by atoms with van der Waals surface area (Å²) in [5.41, 5.74) is 8.83. The third-order valence-corrected chi connectivity index (χ3v) is 10.3. The largest absolute Gasteiger partial charge is 0.508 e. The summed E-state index contributed by atoms with van der Waals surface area (Å²) in [6.07, 6.45) is 5.56. The zero-order chi connectivity index (χ0) is 52.0. The normalized spacial score (nSPS) is 10.6. The molecule has 6 amide bonds. The lowest BCUT2D eigenvalue weighted by Gasteiger charge is -2.17. The molecule has 4 aromatic rings. The van der Waals surface area contributed by atoms with E-state index in [1.165, 1.54) is 43.3 Å². The van der Waals surface area contributed by atoms with Crippen LogP contribution < -0.4 is 43.4 Å². The van der Waals surface area contributed by atoms with Gasteiger partial charge in [-0.05, 0) is 98.2 Å². The Hall–Kier alpha value is -8.15. The van der Waals surface area contributed by atoms with Gasteiger partial charge in [0.15, 0.2) is 11.7 Å². The van der Waals surface area contributed by atoms with Crippen LogP contribution in [0.2, 0.25) is 0 Å². The van der Waals surface area contributed by atoms with Gasteiger partial charge in [-0.15, -0.1) is 0 Å². The number of benzene rings is 4. The molecule has 71 heavy (non-hydrogen) atoms. The quantitative estimate of drug-likeness (QED) is 0.0187. The first-order valence-corrected chi connectivity index (χ1v) is 23.3. The second-order valence-electron chi connectivity index (χ2n) is 17.4. The fraction of sp³-hybridized carbons (Fsp3) is 0.340. The second kappa shape index (κ2) is 27.7. The Labute approximate surface area is 410 Å². The molecule has 376 valence electrons. The molecule has 1 aliphatic carbocycles. The summed E-state index contributed by atoms with van der Waals surface area (Å²) < 4.78 is 11.0. The molecule has 0 unspecified atom stereocenters. The highest BCUT2D eigenvalue weighted by molar-refractivity contribution is 6.07. The number of nitrogens with one attached hydrogen (secondary N) is 5. The third kappa shape index (κ3) is 18.4. The van der Waals surface area contributed by atoms with E-state index in [4.69, 9.17) is 14.6 Å². The molecule has 2 aliphatic rings. The molecular weight excluding hydrogens is 913 g/mol. The van der Waals surface area contributed by atoms with Crippen molar-refractivity contribution in [1.82, 2.24) is 21.3 Å². The molecule has 8 N–H and O–H groups in total. The summed E-state index contributed by atoms with van der Waals surface area (Å²) in [6.45, 7) is 10.3. The number of unbranched alkanes of at least 4 members (excludes halogenated alkanes) is 4. The van der Waals surface area contributed by atoms with Gasteiger partial charge in [0.05, 0.1) is 13.1 Å². The third-order valence-electron chi connectivity index (χ3n) is 10.3. The highest BCUT2D eigenvalue weighted by Gasteiger charge is 2.21. The first-order valence-electron chi connectivity index (χ1n) is 23.3. The SMILES string of the molecule is CC(=O)NCCCCCC(=O)Nc1ccc2c(C)cc(=O)oc2c1.CC(C)C.NC(=O)CNC(=O)CNC(=O)CCCCCNC(=O)c1ccc(-c2c3ccc(=O)cc-3oc3cc(O)ccc23)c(C=O)c1. The summed E-state index contributed by atoms with van der Waals surface area (Å²) in [5, 5.41) is 24.5. The van der Waals surface area contributed by atoms with Gasteiger partial charge in [0.1, 0.15) is 22.7 Å². The number of carbonyl (C=O) groups excluding carboxylic acids is 7. The summed E-state index contributed by atoms with van der Waals surface area (Å²) in [7, 11) is 0. The minimum atomic E-state index is -0.678. The van der Waals surface area contributed by atoms with Crippen LogP contribution in [0, 0.1) is 12.8 Å². The topological polar surface area (TPSA) is 286 Å². The molecule has 2 heterocycles. The molecule has 0 radical (unpaired) electrons. The van der Waals surface area contributed by atoms with E-state index in [0.717, 1.165) is 36.1 Å². The first kappa shape index (κ1) is 55.4. The molecule has 0 saturated carbocycles. The number of aryl methyl sites for hydroxylation is 1. The Bertz CT molecular complexity index is 2940. The van der Waals surface area contributed by atoms with E-state index in [9.17, 15) is 48.3 Å². The second-order valence-corrected chi connectivity index (χ2v) is 17.4. The molecule has 0 fully saturated rings. The minimum absolute atomic E-state index is 0.0199. The average molecular weight is 975 g/mol. The lowest BCUT2D eigenvalue weighted by molar-refractivity contribution is -0.127. The number of hydrogen-bond donors (Lipinski definition) is 7. The number of amides is 6. The number of phenols is 1.